The number of alkyl halides is 2. The van der Waals surface area contributed by atoms with Gasteiger partial charge in [-0.1, -0.05) is 30.3 Å². The predicted octanol–water partition coefficient (Wildman–Crippen LogP) is 4.68. The van der Waals surface area contributed by atoms with Gasteiger partial charge in [-0.25, -0.2) is 13.5 Å². The zero-order valence-corrected chi connectivity index (χ0v) is 22.7. The van der Waals surface area contributed by atoms with Gasteiger partial charge in [-0.05, 0) is 43.5 Å². The Hall–Kier alpha value is -3.66. The molecular weight excluding hydrogens is 504 g/mol. The molecule has 2 aliphatic heterocycles. The van der Waals surface area contributed by atoms with Crippen LogP contribution in [0.1, 0.15) is 43.5 Å². The van der Waals surface area contributed by atoms with Gasteiger partial charge in [0.25, 0.3) is 6.43 Å². The number of benzene rings is 2. The Labute approximate surface area is 227 Å². The first-order chi connectivity index (χ1) is 18.8. The topological polar surface area (TPSA) is 80.7 Å². The maximum Gasteiger partial charge on any atom is 0.260 e. The molecule has 0 radical (unpaired) electrons. The first-order valence-corrected chi connectivity index (χ1v) is 13.3. The summed E-state index contributed by atoms with van der Waals surface area (Å²) < 4.78 is 40.5. The molecule has 2 aliphatic rings. The van der Waals surface area contributed by atoms with E-state index in [1.165, 1.54) is 4.68 Å². The molecule has 1 fully saturated rings. The van der Waals surface area contributed by atoms with Crippen molar-refractivity contribution in [2.45, 2.75) is 57.3 Å². The first-order valence-electron chi connectivity index (χ1n) is 13.3. The molecular formula is C29H35F2N5O3. The van der Waals surface area contributed by atoms with Crippen LogP contribution in [0, 0.1) is 0 Å². The number of hydrogen-bond donors (Lipinski definition) is 2. The molecule has 8 nitrogen and oxygen atoms in total. The number of nitrogens with zero attached hydrogens (tertiary/aromatic N) is 3. The molecule has 0 bridgehead atoms. The third-order valence-electron chi connectivity index (χ3n) is 7.64. The molecule has 4 unspecified atom stereocenters. The highest BCUT2D eigenvalue weighted by molar-refractivity contribution is 5.79. The highest BCUT2D eigenvalue weighted by atomic mass is 19.3. The molecule has 2 N–H and O–H groups in total. The van der Waals surface area contributed by atoms with Crippen LogP contribution in [0.15, 0.2) is 48.5 Å². The molecule has 208 valence electrons. The van der Waals surface area contributed by atoms with Crippen LogP contribution in [-0.4, -0.2) is 66.4 Å². The van der Waals surface area contributed by atoms with Crippen LogP contribution in [0.4, 0.5) is 14.6 Å². The normalized spacial score (nSPS) is 22.8. The van der Waals surface area contributed by atoms with Crippen molar-refractivity contribution in [3.8, 4) is 22.8 Å². The second-order valence-electron chi connectivity index (χ2n) is 10.4. The van der Waals surface area contributed by atoms with E-state index in [2.05, 4.69) is 29.6 Å². The van der Waals surface area contributed by atoms with Crippen LogP contribution in [0.3, 0.4) is 0 Å². The number of ether oxygens (including phenoxy) is 2. The minimum Gasteiger partial charge on any atom is -0.493 e. The van der Waals surface area contributed by atoms with E-state index in [9.17, 15) is 13.6 Å². The Morgan fingerprint density at radius 1 is 1.08 bits per heavy atom. The number of carbonyl (C=O) groups is 1. The summed E-state index contributed by atoms with van der Waals surface area (Å²) in [6.07, 6.45) is -2.09. The lowest BCUT2D eigenvalue weighted by Crippen LogP contribution is -2.56. The number of methoxy groups -OCH3 is 2. The number of aromatic nitrogens is 2. The minimum absolute atomic E-state index is 0.103. The van der Waals surface area contributed by atoms with Crippen molar-refractivity contribution in [1.82, 2.24) is 20.0 Å². The number of anilines is 1. The fraction of sp³-hybridized carbons (Fsp3) is 0.448. The maximum atomic E-state index is 14.2. The molecule has 1 amide bonds. The molecule has 10 heteroatoms. The summed E-state index contributed by atoms with van der Waals surface area (Å²) in [4.78, 5) is 14.9. The van der Waals surface area contributed by atoms with Gasteiger partial charge in [-0.2, -0.15) is 5.10 Å². The Kier molecular flexibility index (Phi) is 7.74. The lowest BCUT2D eigenvalue weighted by molar-refractivity contribution is -0.133. The number of nitrogens with one attached hydrogen (secondary N) is 2. The van der Waals surface area contributed by atoms with Crippen LogP contribution >= 0.6 is 0 Å². The van der Waals surface area contributed by atoms with Crippen molar-refractivity contribution in [2.24, 2.45) is 0 Å². The van der Waals surface area contributed by atoms with E-state index in [0.717, 1.165) is 23.2 Å². The largest absolute Gasteiger partial charge is 0.493 e. The Morgan fingerprint density at radius 3 is 2.51 bits per heavy atom. The zero-order valence-electron chi connectivity index (χ0n) is 22.7. The summed E-state index contributed by atoms with van der Waals surface area (Å²) >= 11 is 0. The third-order valence-corrected chi connectivity index (χ3v) is 7.64. The van der Waals surface area contributed by atoms with Crippen molar-refractivity contribution in [3.63, 3.8) is 0 Å². The summed E-state index contributed by atoms with van der Waals surface area (Å²) in [6.45, 7) is 5.62. The number of rotatable bonds is 7. The van der Waals surface area contributed by atoms with E-state index >= 15 is 0 Å². The highest BCUT2D eigenvalue weighted by Crippen LogP contribution is 2.41. The van der Waals surface area contributed by atoms with E-state index in [-0.39, 0.29) is 30.5 Å². The molecule has 0 saturated carbocycles. The molecule has 39 heavy (non-hydrogen) atoms. The van der Waals surface area contributed by atoms with Crippen LogP contribution in [0.2, 0.25) is 0 Å². The number of halogens is 2. The second-order valence-corrected chi connectivity index (χ2v) is 10.4. The SMILES string of the molecule is COc1ccc(C2CC(C(F)F)n3nc(-c4ccc(CC(=O)N5CC(C)NCC5C)cc4)cc3N2)cc1OC. The van der Waals surface area contributed by atoms with Crippen LogP contribution in [0.5, 0.6) is 11.5 Å². The van der Waals surface area contributed by atoms with Crippen LogP contribution in [-0.2, 0) is 11.2 Å². The van der Waals surface area contributed by atoms with Crippen molar-refractivity contribution in [3.05, 3.63) is 59.7 Å². The molecule has 2 aromatic carbocycles. The van der Waals surface area contributed by atoms with Gasteiger partial charge < -0.3 is 25.0 Å². The molecule has 1 saturated heterocycles. The molecule has 1 aromatic heterocycles. The van der Waals surface area contributed by atoms with Gasteiger partial charge in [0.15, 0.2) is 11.5 Å². The van der Waals surface area contributed by atoms with E-state index in [1.54, 1.807) is 26.4 Å². The Bertz CT molecular complexity index is 1310. The first kappa shape index (κ1) is 26.9. The average Bonchev–Trinajstić information content (AvgIpc) is 3.38. The maximum absolute atomic E-state index is 14.2. The lowest BCUT2D eigenvalue weighted by atomic mass is 9.97. The minimum atomic E-state index is -2.58. The van der Waals surface area contributed by atoms with Crippen LogP contribution in [0.25, 0.3) is 11.3 Å². The quantitative estimate of drug-likeness (QED) is 0.454. The van der Waals surface area contributed by atoms with E-state index in [0.29, 0.717) is 36.0 Å². The number of piperazine rings is 1. The standard InChI is InChI=1S/C29H35F2N5O3/c1-17-16-35(18(2)15-32-17)28(37)11-19-5-7-20(8-6-19)23-14-27-33-22(13-24(29(30)31)36(27)34-23)21-9-10-25(38-3)26(12-21)39-4/h5-10,12,14,17-18,22,24,29,32-33H,11,13,15-16H2,1-4H3. The summed E-state index contributed by atoms with van der Waals surface area (Å²) in [5.74, 6) is 1.76. The summed E-state index contributed by atoms with van der Waals surface area (Å²) in [5.41, 5.74) is 3.13. The summed E-state index contributed by atoms with van der Waals surface area (Å²) in [6, 6.07) is 13.9. The van der Waals surface area contributed by atoms with E-state index in [1.807, 2.05) is 41.3 Å². The van der Waals surface area contributed by atoms with Gasteiger partial charge in [0.1, 0.15) is 11.9 Å². The van der Waals surface area contributed by atoms with Gasteiger partial charge in [-0.3, -0.25) is 4.79 Å². The van der Waals surface area contributed by atoms with Gasteiger partial charge in [0.2, 0.25) is 5.91 Å². The number of fused-ring (bicyclic) bond motifs is 1. The Balaban J connectivity index is 1.34. The van der Waals surface area contributed by atoms with Crippen molar-refractivity contribution in [2.75, 3.05) is 32.6 Å². The predicted molar refractivity (Wildman–Crippen MR) is 146 cm³/mol. The number of carbonyl (C=O) groups excluding carboxylic acids is 1. The number of amides is 1. The van der Waals surface area contributed by atoms with Gasteiger partial charge in [0.05, 0.1) is 32.4 Å². The van der Waals surface area contributed by atoms with Crippen molar-refractivity contribution < 1.29 is 23.0 Å². The molecule has 4 atom stereocenters. The monoisotopic (exact) mass is 539 g/mol. The van der Waals surface area contributed by atoms with Gasteiger partial charge in [0, 0.05) is 36.8 Å². The third kappa shape index (κ3) is 5.56. The highest BCUT2D eigenvalue weighted by Gasteiger charge is 2.35. The van der Waals surface area contributed by atoms with Gasteiger partial charge >= 0.3 is 0 Å². The van der Waals surface area contributed by atoms with E-state index in [4.69, 9.17) is 9.47 Å². The van der Waals surface area contributed by atoms with Gasteiger partial charge in [-0.15, -0.1) is 0 Å². The molecule has 3 aromatic rings. The second kappa shape index (κ2) is 11.2. The van der Waals surface area contributed by atoms with Crippen molar-refractivity contribution in [1.29, 1.82) is 0 Å². The van der Waals surface area contributed by atoms with Crippen molar-refractivity contribution >= 4 is 11.7 Å². The molecule has 5 rings (SSSR count). The fourth-order valence-corrected chi connectivity index (χ4v) is 5.41. The molecule has 0 spiro atoms. The summed E-state index contributed by atoms with van der Waals surface area (Å²) in [5, 5.41) is 11.3. The lowest BCUT2D eigenvalue weighted by Gasteiger charge is -2.37. The fourth-order valence-electron chi connectivity index (χ4n) is 5.41. The van der Waals surface area contributed by atoms with E-state index < -0.39 is 12.5 Å². The Morgan fingerprint density at radius 2 is 1.82 bits per heavy atom. The van der Waals surface area contributed by atoms with Crippen LogP contribution < -0.4 is 20.1 Å². The number of hydrogen-bond acceptors (Lipinski definition) is 6. The average molecular weight is 540 g/mol. The summed E-state index contributed by atoms with van der Waals surface area (Å²) in [7, 11) is 3.10. The zero-order chi connectivity index (χ0) is 27.7. The molecule has 3 heterocycles. The molecule has 0 aliphatic carbocycles. The smallest absolute Gasteiger partial charge is 0.260 e.